The Bertz CT molecular complexity index is 1180. The van der Waals surface area contributed by atoms with Gasteiger partial charge >= 0.3 is 0 Å². The van der Waals surface area contributed by atoms with Crippen LogP contribution in [-0.2, 0) is 11.2 Å². The van der Waals surface area contributed by atoms with Crippen LogP contribution in [-0.4, -0.2) is 22.1 Å². The molecule has 140 valence electrons. The fraction of sp³-hybridized carbons (Fsp3) is 0.143. The molecule has 4 aromatic rings. The summed E-state index contributed by atoms with van der Waals surface area (Å²) in [5.41, 5.74) is 4.78. The Morgan fingerprint density at radius 1 is 1.18 bits per heavy atom. The molecule has 0 radical (unpaired) electrons. The average molecular weight is 391 g/mol. The van der Waals surface area contributed by atoms with Crippen LogP contribution in [0.5, 0.6) is 11.5 Å². The standard InChI is InChI=1S/C21H17N3O3S/c1-13-2-4-14(5-3-13)17-10-24-16(11-28-21(24)23-17)9-20(25)22-15-6-7-18-19(8-15)27-12-26-18/h2-8,10-11H,9,12H2,1H3,(H,22,25). The SMILES string of the molecule is Cc1ccc(-c2cn3c(CC(=O)Nc4ccc5c(c4)OCO5)csc3n2)cc1. The van der Waals surface area contributed by atoms with E-state index in [2.05, 4.69) is 41.5 Å². The van der Waals surface area contributed by atoms with Gasteiger partial charge in [-0.05, 0) is 19.1 Å². The first-order valence-electron chi connectivity index (χ1n) is 8.88. The topological polar surface area (TPSA) is 64.9 Å². The number of aryl methyl sites for hydroxylation is 1. The molecule has 1 amide bonds. The summed E-state index contributed by atoms with van der Waals surface area (Å²) in [5.74, 6) is 1.25. The van der Waals surface area contributed by atoms with Crippen molar-refractivity contribution in [3.8, 4) is 22.8 Å². The second kappa shape index (κ2) is 6.69. The van der Waals surface area contributed by atoms with Gasteiger partial charge in [0, 0.05) is 34.6 Å². The molecule has 1 N–H and O–H groups in total. The molecular weight excluding hydrogens is 374 g/mol. The maximum Gasteiger partial charge on any atom is 0.231 e. The predicted molar refractivity (Wildman–Crippen MR) is 108 cm³/mol. The van der Waals surface area contributed by atoms with E-state index < -0.39 is 0 Å². The summed E-state index contributed by atoms with van der Waals surface area (Å²) in [6, 6.07) is 13.6. The minimum atomic E-state index is -0.0934. The van der Waals surface area contributed by atoms with E-state index in [1.807, 2.05) is 16.0 Å². The molecule has 0 spiro atoms. The highest BCUT2D eigenvalue weighted by molar-refractivity contribution is 7.15. The summed E-state index contributed by atoms with van der Waals surface area (Å²) < 4.78 is 12.6. The highest BCUT2D eigenvalue weighted by Crippen LogP contribution is 2.34. The summed E-state index contributed by atoms with van der Waals surface area (Å²) in [6.45, 7) is 2.27. The van der Waals surface area contributed by atoms with E-state index in [0.29, 0.717) is 17.2 Å². The predicted octanol–water partition coefficient (Wildman–Crippen LogP) is 4.28. The number of nitrogens with one attached hydrogen (secondary N) is 1. The molecule has 2 aromatic heterocycles. The van der Waals surface area contributed by atoms with Gasteiger partial charge in [-0.1, -0.05) is 29.8 Å². The quantitative estimate of drug-likeness (QED) is 0.564. The number of carbonyl (C=O) groups is 1. The zero-order valence-corrected chi connectivity index (χ0v) is 16.0. The van der Waals surface area contributed by atoms with Crippen LogP contribution in [0.15, 0.2) is 54.0 Å². The zero-order chi connectivity index (χ0) is 19.1. The van der Waals surface area contributed by atoms with Crippen molar-refractivity contribution in [3.05, 3.63) is 65.3 Å². The number of thiazole rings is 1. The highest BCUT2D eigenvalue weighted by Gasteiger charge is 2.16. The number of amides is 1. The number of nitrogens with zero attached hydrogens (tertiary/aromatic N) is 2. The molecule has 0 saturated carbocycles. The fourth-order valence-electron chi connectivity index (χ4n) is 3.16. The largest absolute Gasteiger partial charge is 0.454 e. The van der Waals surface area contributed by atoms with Crippen LogP contribution < -0.4 is 14.8 Å². The third-order valence-electron chi connectivity index (χ3n) is 4.63. The number of ether oxygens (including phenoxy) is 2. The fourth-order valence-corrected chi connectivity index (χ4v) is 4.04. The normalized spacial score (nSPS) is 12.5. The third-order valence-corrected chi connectivity index (χ3v) is 5.52. The molecule has 0 aliphatic carbocycles. The molecule has 5 rings (SSSR count). The molecule has 1 aliphatic heterocycles. The van der Waals surface area contributed by atoms with Crippen LogP contribution in [0.2, 0.25) is 0 Å². The lowest BCUT2D eigenvalue weighted by Crippen LogP contribution is -2.15. The summed E-state index contributed by atoms with van der Waals surface area (Å²) in [5, 5.41) is 4.89. The van der Waals surface area contributed by atoms with Crippen molar-refractivity contribution < 1.29 is 14.3 Å². The molecular formula is C21H17N3O3S. The van der Waals surface area contributed by atoms with Gasteiger partial charge in [0.2, 0.25) is 12.7 Å². The minimum Gasteiger partial charge on any atom is -0.454 e. The smallest absolute Gasteiger partial charge is 0.231 e. The van der Waals surface area contributed by atoms with E-state index >= 15 is 0 Å². The van der Waals surface area contributed by atoms with E-state index in [4.69, 9.17) is 9.47 Å². The minimum absolute atomic E-state index is 0.0934. The molecule has 28 heavy (non-hydrogen) atoms. The molecule has 0 unspecified atom stereocenters. The van der Waals surface area contributed by atoms with Crippen molar-refractivity contribution in [2.45, 2.75) is 13.3 Å². The second-order valence-electron chi connectivity index (χ2n) is 6.66. The Labute approximate surface area is 165 Å². The van der Waals surface area contributed by atoms with Crippen molar-refractivity contribution in [1.82, 2.24) is 9.38 Å². The Morgan fingerprint density at radius 2 is 2.00 bits per heavy atom. The summed E-state index contributed by atoms with van der Waals surface area (Å²) in [7, 11) is 0. The maximum absolute atomic E-state index is 12.5. The lowest BCUT2D eigenvalue weighted by molar-refractivity contribution is -0.115. The first-order valence-corrected chi connectivity index (χ1v) is 9.76. The molecule has 1 aliphatic rings. The van der Waals surface area contributed by atoms with E-state index in [1.165, 1.54) is 16.9 Å². The molecule has 0 saturated heterocycles. The lowest BCUT2D eigenvalue weighted by atomic mass is 10.1. The molecule has 7 heteroatoms. The Morgan fingerprint density at radius 3 is 2.86 bits per heavy atom. The third kappa shape index (κ3) is 3.10. The number of hydrogen-bond acceptors (Lipinski definition) is 5. The number of imidazole rings is 1. The van der Waals surface area contributed by atoms with Gasteiger partial charge in [0.15, 0.2) is 16.5 Å². The van der Waals surface area contributed by atoms with Crippen LogP contribution in [0.3, 0.4) is 0 Å². The van der Waals surface area contributed by atoms with Crippen LogP contribution in [0.1, 0.15) is 11.3 Å². The van der Waals surface area contributed by atoms with E-state index in [0.717, 1.165) is 21.9 Å². The molecule has 0 atom stereocenters. The lowest BCUT2D eigenvalue weighted by Gasteiger charge is -2.06. The van der Waals surface area contributed by atoms with Gasteiger partial charge in [-0.3, -0.25) is 9.20 Å². The van der Waals surface area contributed by atoms with Gasteiger partial charge in [-0.25, -0.2) is 4.98 Å². The van der Waals surface area contributed by atoms with Crippen LogP contribution in [0.25, 0.3) is 16.2 Å². The van der Waals surface area contributed by atoms with Gasteiger partial charge in [0.25, 0.3) is 0 Å². The number of fused-ring (bicyclic) bond motifs is 2. The Balaban J connectivity index is 1.34. The number of hydrogen-bond donors (Lipinski definition) is 1. The maximum atomic E-state index is 12.5. The van der Waals surface area contributed by atoms with Crippen molar-refractivity contribution in [2.24, 2.45) is 0 Å². The van der Waals surface area contributed by atoms with Gasteiger partial charge in [-0.15, -0.1) is 11.3 Å². The molecule has 3 heterocycles. The highest BCUT2D eigenvalue weighted by atomic mass is 32.1. The monoisotopic (exact) mass is 391 g/mol. The van der Waals surface area contributed by atoms with Gasteiger partial charge in [0.1, 0.15) is 0 Å². The molecule has 6 nitrogen and oxygen atoms in total. The summed E-state index contributed by atoms with van der Waals surface area (Å²) in [4.78, 5) is 18.1. The van der Waals surface area contributed by atoms with E-state index in [1.54, 1.807) is 18.2 Å². The number of carbonyl (C=O) groups excluding carboxylic acids is 1. The molecule has 2 aromatic carbocycles. The van der Waals surface area contributed by atoms with Gasteiger partial charge in [0.05, 0.1) is 12.1 Å². The van der Waals surface area contributed by atoms with Crippen molar-refractivity contribution in [1.29, 1.82) is 0 Å². The number of benzene rings is 2. The first kappa shape index (κ1) is 16.8. The van der Waals surface area contributed by atoms with Gasteiger partial charge in [-0.2, -0.15) is 0 Å². The van der Waals surface area contributed by atoms with E-state index in [-0.39, 0.29) is 19.1 Å². The zero-order valence-electron chi connectivity index (χ0n) is 15.1. The van der Waals surface area contributed by atoms with Crippen molar-refractivity contribution in [2.75, 3.05) is 12.1 Å². The average Bonchev–Trinajstić information content (AvgIpc) is 3.39. The van der Waals surface area contributed by atoms with Crippen molar-refractivity contribution in [3.63, 3.8) is 0 Å². The van der Waals surface area contributed by atoms with Crippen molar-refractivity contribution >= 4 is 27.9 Å². The molecule has 0 fully saturated rings. The second-order valence-corrected chi connectivity index (χ2v) is 7.50. The summed E-state index contributed by atoms with van der Waals surface area (Å²) in [6.07, 6.45) is 2.25. The van der Waals surface area contributed by atoms with Crippen LogP contribution in [0, 0.1) is 6.92 Å². The van der Waals surface area contributed by atoms with Crippen LogP contribution >= 0.6 is 11.3 Å². The Hall–Kier alpha value is -3.32. The number of aromatic nitrogens is 2. The number of rotatable bonds is 4. The Kier molecular flexibility index (Phi) is 4.02. The van der Waals surface area contributed by atoms with Gasteiger partial charge < -0.3 is 14.8 Å². The van der Waals surface area contributed by atoms with Crippen LogP contribution in [0.4, 0.5) is 5.69 Å². The van der Waals surface area contributed by atoms with E-state index in [9.17, 15) is 4.79 Å². The summed E-state index contributed by atoms with van der Waals surface area (Å²) >= 11 is 1.53. The number of anilines is 1. The first-order chi connectivity index (χ1) is 13.7. The molecule has 0 bridgehead atoms.